The molecule has 2 rings (SSSR count). The zero-order valence-electron chi connectivity index (χ0n) is 13.5. The number of carbonyl (C=O) groups is 3. The molecule has 2 unspecified atom stereocenters. The van der Waals surface area contributed by atoms with E-state index in [-0.39, 0.29) is 12.8 Å². The molecule has 0 saturated carbocycles. The number of H-pyrrole nitrogens is 1. The van der Waals surface area contributed by atoms with Gasteiger partial charge in [-0.05, 0) is 18.1 Å². The molecule has 9 nitrogen and oxygen atoms in total. The summed E-state index contributed by atoms with van der Waals surface area (Å²) in [5.41, 5.74) is 17.3. The molecule has 2 aromatic rings. The maximum absolute atomic E-state index is 10.6. The van der Waals surface area contributed by atoms with Crippen LogP contribution in [0.15, 0.2) is 30.5 Å². The SMILES string of the molecule is NC(=O)C(N)CCC(=O)O.NC(Cc1c[nH]c2ccccc12)C(=O)O. The van der Waals surface area contributed by atoms with Crippen molar-refractivity contribution in [3.63, 3.8) is 0 Å². The van der Waals surface area contributed by atoms with Gasteiger partial charge in [0.2, 0.25) is 5.91 Å². The molecule has 0 aliphatic rings. The van der Waals surface area contributed by atoms with Crippen molar-refractivity contribution in [3.8, 4) is 0 Å². The van der Waals surface area contributed by atoms with Crippen molar-refractivity contribution in [1.82, 2.24) is 4.98 Å². The number of hydrogen-bond acceptors (Lipinski definition) is 5. The van der Waals surface area contributed by atoms with Crippen LogP contribution in [0.1, 0.15) is 18.4 Å². The van der Waals surface area contributed by atoms with Gasteiger partial charge in [-0.1, -0.05) is 18.2 Å². The van der Waals surface area contributed by atoms with E-state index in [4.69, 9.17) is 27.4 Å². The first-order valence-electron chi connectivity index (χ1n) is 7.52. The lowest BCUT2D eigenvalue weighted by molar-refractivity contribution is -0.139. The number of hydrogen-bond donors (Lipinski definition) is 6. The minimum Gasteiger partial charge on any atom is -0.481 e. The molecule has 1 heterocycles. The van der Waals surface area contributed by atoms with Crippen LogP contribution in [0.25, 0.3) is 10.9 Å². The van der Waals surface area contributed by atoms with Crippen molar-refractivity contribution < 1.29 is 24.6 Å². The Balaban J connectivity index is 0.000000275. The third-order valence-electron chi connectivity index (χ3n) is 3.47. The van der Waals surface area contributed by atoms with Crippen LogP contribution in [0.5, 0.6) is 0 Å². The highest BCUT2D eigenvalue weighted by Crippen LogP contribution is 2.18. The minimum absolute atomic E-state index is 0.102. The van der Waals surface area contributed by atoms with E-state index in [0.29, 0.717) is 6.42 Å². The Morgan fingerprint density at radius 1 is 1.08 bits per heavy atom. The summed E-state index contributed by atoms with van der Waals surface area (Å²) < 4.78 is 0. The van der Waals surface area contributed by atoms with Gasteiger partial charge in [0, 0.05) is 29.9 Å². The highest BCUT2D eigenvalue weighted by atomic mass is 16.4. The van der Waals surface area contributed by atoms with Crippen molar-refractivity contribution in [3.05, 3.63) is 36.0 Å². The Morgan fingerprint density at radius 2 is 1.72 bits per heavy atom. The molecule has 9 N–H and O–H groups in total. The normalized spacial score (nSPS) is 12.7. The number of rotatable bonds is 7. The second-order valence-corrected chi connectivity index (χ2v) is 5.45. The summed E-state index contributed by atoms with van der Waals surface area (Å²) in [7, 11) is 0. The maximum atomic E-state index is 10.6. The molecular weight excluding hydrogens is 328 g/mol. The number of para-hydroxylation sites is 1. The molecule has 0 bridgehead atoms. The van der Waals surface area contributed by atoms with E-state index in [0.717, 1.165) is 16.5 Å². The number of aliphatic carboxylic acids is 2. The van der Waals surface area contributed by atoms with Crippen LogP contribution in [-0.4, -0.2) is 45.1 Å². The third kappa shape index (κ3) is 6.61. The van der Waals surface area contributed by atoms with Gasteiger partial charge in [0.25, 0.3) is 0 Å². The van der Waals surface area contributed by atoms with Crippen LogP contribution in [-0.2, 0) is 20.8 Å². The number of carboxylic acids is 2. The van der Waals surface area contributed by atoms with E-state index in [1.807, 2.05) is 30.5 Å². The number of aromatic amines is 1. The van der Waals surface area contributed by atoms with Gasteiger partial charge in [0.1, 0.15) is 6.04 Å². The van der Waals surface area contributed by atoms with Gasteiger partial charge in [-0.15, -0.1) is 0 Å². The van der Waals surface area contributed by atoms with Gasteiger partial charge < -0.3 is 32.4 Å². The average molecular weight is 350 g/mol. The van der Waals surface area contributed by atoms with Crippen LogP contribution in [0.3, 0.4) is 0 Å². The van der Waals surface area contributed by atoms with Crippen molar-refractivity contribution in [2.45, 2.75) is 31.3 Å². The second kappa shape index (κ2) is 9.40. The van der Waals surface area contributed by atoms with E-state index in [1.54, 1.807) is 0 Å². The van der Waals surface area contributed by atoms with Gasteiger partial charge in [0.05, 0.1) is 6.04 Å². The van der Waals surface area contributed by atoms with E-state index < -0.39 is 29.9 Å². The fourth-order valence-corrected chi connectivity index (χ4v) is 2.05. The van der Waals surface area contributed by atoms with Gasteiger partial charge in [-0.3, -0.25) is 14.4 Å². The molecule has 0 radical (unpaired) electrons. The van der Waals surface area contributed by atoms with Crippen molar-refractivity contribution >= 4 is 28.7 Å². The Morgan fingerprint density at radius 3 is 2.28 bits per heavy atom. The van der Waals surface area contributed by atoms with Crippen LogP contribution in [0, 0.1) is 0 Å². The summed E-state index contributed by atoms with van der Waals surface area (Å²) in [6, 6.07) is 6.08. The second-order valence-electron chi connectivity index (χ2n) is 5.45. The van der Waals surface area contributed by atoms with Gasteiger partial charge in [-0.25, -0.2) is 0 Å². The Labute approximate surface area is 143 Å². The van der Waals surface area contributed by atoms with Gasteiger partial charge >= 0.3 is 11.9 Å². The topological polar surface area (TPSA) is 186 Å². The third-order valence-corrected chi connectivity index (χ3v) is 3.47. The molecule has 9 heteroatoms. The smallest absolute Gasteiger partial charge is 0.320 e. The molecule has 0 saturated heterocycles. The van der Waals surface area contributed by atoms with Crippen molar-refractivity contribution in [2.75, 3.05) is 0 Å². The molecule has 1 aromatic heterocycles. The molecule has 1 amide bonds. The van der Waals surface area contributed by atoms with E-state index >= 15 is 0 Å². The zero-order valence-corrected chi connectivity index (χ0v) is 13.5. The molecule has 0 aliphatic heterocycles. The first-order valence-corrected chi connectivity index (χ1v) is 7.52. The summed E-state index contributed by atoms with van der Waals surface area (Å²) in [5.74, 6) is -2.61. The first kappa shape index (κ1) is 20.1. The van der Waals surface area contributed by atoms with E-state index in [9.17, 15) is 14.4 Å². The maximum Gasteiger partial charge on any atom is 0.320 e. The predicted molar refractivity (Wildman–Crippen MR) is 91.7 cm³/mol. The number of primary amides is 1. The molecule has 2 atom stereocenters. The molecule has 0 fully saturated rings. The molecule has 25 heavy (non-hydrogen) atoms. The largest absolute Gasteiger partial charge is 0.481 e. The number of amides is 1. The fourth-order valence-electron chi connectivity index (χ4n) is 2.05. The lowest BCUT2D eigenvalue weighted by Crippen LogP contribution is -2.36. The summed E-state index contributed by atoms with van der Waals surface area (Å²) in [4.78, 5) is 33.8. The quantitative estimate of drug-likeness (QED) is 0.398. The van der Waals surface area contributed by atoms with Gasteiger partial charge in [0.15, 0.2) is 0 Å². The van der Waals surface area contributed by atoms with Crippen molar-refractivity contribution in [2.24, 2.45) is 17.2 Å². The Kier molecular flexibility index (Phi) is 7.57. The van der Waals surface area contributed by atoms with Gasteiger partial charge in [-0.2, -0.15) is 0 Å². The Bertz CT molecular complexity index is 743. The molecule has 136 valence electrons. The standard InChI is InChI=1S/C11H12N2O2.C5H10N2O3/c12-9(11(14)15)5-7-6-13-10-4-2-1-3-8(7)10;6-3(5(7)10)1-2-4(8)9/h1-4,6,9,13H,5,12H2,(H,14,15);3H,1-2,6H2,(H2,7,10)(H,8,9). The summed E-state index contributed by atoms with van der Waals surface area (Å²) in [6.45, 7) is 0. The summed E-state index contributed by atoms with van der Waals surface area (Å²) >= 11 is 0. The van der Waals surface area contributed by atoms with Crippen LogP contribution in [0.4, 0.5) is 0 Å². The summed E-state index contributed by atoms with van der Waals surface area (Å²) in [5, 5.41) is 17.9. The van der Waals surface area contributed by atoms with Crippen LogP contribution >= 0.6 is 0 Å². The summed E-state index contributed by atoms with van der Waals surface area (Å²) in [6.07, 6.45) is 2.14. The number of fused-ring (bicyclic) bond motifs is 1. The molecule has 0 aliphatic carbocycles. The number of benzene rings is 1. The number of nitrogens with one attached hydrogen (secondary N) is 1. The average Bonchev–Trinajstić information content (AvgIpc) is 2.96. The van der Waals surface area contributed by atoms with Crippen molar-refractivity contribution in [1.29, 1.82) is 0 Å². The fraction of sp³-hybridized carbons (Fsp3) is 0.312. The Hall–Kier alpha value is -2.91. The number of carboxylic acid groups (broad SMARTS) is 2. The number of nitrogens with two attached hydrogens (primary N) is 3. The highest BCUT2D eigenvalue weighted by Gasteiger charge is 2.14. The number of carbonyl (C=O) groups excluding carboxylic acids is 1. The van der Waals surface area contributed by atoms with E-state index in [1.165, 1.54) is 0 Å². The molecule has 1 aromatic carbocycles. The molecule has 0 spiro atoms. The molecular formula is C16H22N4O5. The number of aromatic nitrogens is 1. The predicted octanol–water partition coefficient (Wildman–Crippen LogP) is -0.214. The lowest BCUT2D eigenvalue weighted by Gasteiger charge is -2.04. The lowest BCUT2D eigenvalue weighted by atomic mass is 10.1. The monoisotopic (exact) mass is 350 g/mol. The van der Waals surface area contributed by atoms with Crippen LogP contribution < -0.4 is 17.2 Å². The van der Waals surface area contributed by atoms with E-state index in [2.05, 4.69) is 4.98 Å². The first-order chi connectivity index (χ1) is 11.7. The zero-order chi connectivity index (χ0) is 19.0. The van der Waals surface area contributed by atoms with Crippen LogP contribution in [0.2, 0.25) is 0 Å². The minimum atomic E-state index is -0.975. The highest BCUT2D eigenvalue weighted by molar-refractivity contribution is 5.84.